The van der Waals surface area contributed by atoms with Gasteiger partial charge in [-0.05, 0) is 39.0 Å². The van der Waals surface area contributed by atoms with E-state index in [1.54, 1.807) is 20.9 Å². The van der Waals surface area contributed by atoms with Gasteiger partial charge in [-0.3, -0.25) is 4.79 Å². The Bertz CT molecular complexity index is 600. The maximum absolute atomic E-state index is 12.1. The maximum Gasteiger partial charge on any atom is 0.255 e. The number of benzene rings is 1. The van der Waals surface area contributed by atoms with Crippen LogP contribution in [-0.2, 0) is 10.0 Å². The zero-order valence-electron chi connectivity index (χ0n) is 12.0. The number of nitrogens with one attached hydrogen (secondary N) is 1. The van der Waals surface area contributed by atoms with Crippen LogP contribution in [0.1, 0.15) is 31.1 Å². The number of hydrogen-bond acceptors (Lipinski definition) is 3. The Morgan fingerprint density at radius 3 is 2.50 bits per heavy atom. The van der Waals surface area contributed by atoms with Crippen LogP contribution in [0.3, 0.4) is 0 Å². The van der Waals surface area contributed by atoms with Gasteiger partial charge in [0.1, 0.15) is 0 Å². The van der Waals surface area contributed by atoms with Crippen molar-refractivity contribution in [1.82, 2.24) is 9.62 Å². The second-order valence-electron chi connectivity index (χ2n) is 4.74. The molecule has 112 valence electrons. The van der Waals surface area contributed by atoms with Crippen molar-refractivity contribution in [2.45, 2.75) is 31.7 Å². The van der Waals surface area contributed by atoms with Gasteiger partial charge in [-0.1, -0.05) is 11.6 Å². The first-order valence-corrected chi connectivity index (χ1v) is 8.12. The van der Waals surface area contributed by atoms with Crippen LogP contribution in [0.4, 0.5) is 0 Å². The molecule has 0 aliphatic heterocycles. The Labute approximate surface area is 125 Å². The van der Waals surface area contributed by atoms with Crippen molar-refractivity contribution >= 4 is 27.5 Å². The summed E-state index contributed by atoms with van der Waals surface area (Å²) in [4.78, 5) is 13.6. The molecule has 0 aliphatic rings. The number of amides is 1. The third-order valence-corrected chi connectivity index (χ3v) is 4.68. The van der Waals surface area contributed by atoms with Crippen LogP contribution < -0.4 is 4.72 Å². The molecule has 1 rings (SSSR count). The van der Waals surface area contributed by atoms with Crippen molar-refractivity contribution in [2.75, 3.05) is 13.6 Å². The van der Waals surface area contributed by atoms with Crippen molar-refractivity contribution in [3.8, 4) is 0 Å². The molecule has 0 bridgehead atoms. The van der Waals surface area contributed by atoms with Gasteiger partial charge in [0, 0.05) is 19.6 Å². The van der Waals surface area contributed by atoms with E-state index < -0.39 is 10.0 Å². The van der Waals surface area contributed by atoms with Crippen LogP contribution in [0, 0.1) is 0 Å². The predicted molar refractivity (Wildman–Crippen MR) is 79.5 cm³/mol. The van der Waals surface area contributed by atoms with Crippen molar-refractivity contribution in [2.24, 2.45) is 0 Å². The van der Waals surface area contributed by atoms with Gasteiger partial charge in [-0.2, -0.15) is 0 Å². The highest BCUT2D eigenvalue weighted by molar-refractivity contribution is 7.89. The number of sulfonamides is 1. The van der Waals surface area contributed by atoms with E-state index >= 15 is 0 Å². The van der Waals surface area contributed by atoms with Crippen LogP contribution in [0.25, 0.3) is 0 Å². The number of carbonyl (C=O) groups excluding carboxylic acids is 1. The van der Waals surface area contributed by atoms with Gasteiger partial charge in [0.25, 0.3) is 5.91 Å². The molecule has 0 unspecified atom stereocenters. The van der Waals surface area contributed by atoms with E-state index in [1.165, 1.54) is 23.1 Å². The van der Waals surface area contributed by atoms with Crippen LogP contribution in [0.15, 0.2) is 23.1 Å². The van der Waals surface area contributed by atoms with E-state index in [1.807, 2.05) is 6.92 Å². The largest absolute Gasteiger partial charge is 0.342 e. The number of hydrogen-bond donors (Lipinski definition) is 1. The average Bonchev–Trinajstić information content (AvgIpc) is 2.35. The highest BCUT2D eigenvalue weighted by Crippen LogP contribution is 2.22. The zero-order valence-corrected chi connectivity index (χ0v) is 13.5. The normalized spacial score (nSPS) is 11.7. The van der Waals surface area contributed by atoms with Gasteiger partial charge in [-0.25, -0.2) is 13.1 Å². The summed E-state index contributed by atoms with van der Waals surface area (Å²) in [5.41, 5.74) is 0.183. The molecule has 0 radical (unpaired) electrons. The molecule has 0 saturated carbocycles. The van der Waals surface area contributed by atoms with Crippen molar-refractivity contribution in [3.05, 3.63) is 28.8 Å². The lowest BCUT2D eigenvalue weighted by Crippen LogP contribution is -2.31. The quantitative estimate of drug-likeness (QED) is 0.904. The number of carbonyl (C=O) groups is 1. The van der Waals surface area contributed by atoms with Crippen LogP contribution in [-0.4, -0.2) is 38.9 Å². The average molecular weight is 319 g/mol. The fraction of sp³-hybridized carbons (Fsp3) is 0.462. The van der Waals surface area contributed by atoms with Crippen molar-refractivity contribution in [1.29, 1.82) is 0 Å². The second kappa shape index (κ2) is 6.56. The first-order valence-electron chi connectivity index (χ1n) is 6.26. The van der Waals surface area contributed by atoms with Gasteiger partial charge in [0.05, 0.1) is 15.5 Å². The summed E-state index contributed by atoms with van der Waals surface area (Å²) in [6.07, 6.45) is 0. The van der Waals surface area contributed by atoms with E-state index in [0.29, 0.717) is 6.54 Å². The molecule has 7 heteroatoms. The molecule has 0 spiro atoms. The summed E-state index contributed by atoms with van der Waals surface area (Å²) in [5.74, 6) is -0.306. The predicted octanol–water partition coefficient (Wildman–Crippen LogP) is 2.12. The van der Waals surface area contributed by atoms with E-state index in [0.717, 1.165) is 0 Å². The molecule has 0 aliphatic carbocycles. The van der Waals surface area contributed by atoms with Gasteiger partial charge in [0.2, 0.25) is 10.0 Å². The van der Waals surface area contributed by atoms with Gasteiger partial charge < -0.3 is 4.90 Å². The molecule has 1 N–H and O–H groups in total. The molecular formula is C13H19ClN2O3S. The highest BCUT2D eigenvalue weighted by Gasteiger charge is 2.20. The summed E-state index contributed by atoms with van der Waals surface area (Å²) in [7, 11) is -2.01. The second-order valence-corrected chi connectivity index (χ2v) is 6.86. The zero-order chi connectivity index (χ0) is 15.5. The van der Waals surface area contributed by atoms with E-state index in [4.69, 9.17) is 11.6 Å². The summed E-state index contributed by atoms with van der Waals surface area (Å²) in [6.45, 7) is 5.79. The van der Waals surface area contributed by atoms with E-state index in [-0.39, 0.29) is 27.4 Å². The lowest BCUT2D eigenvalue weighted by molar-refractivity contribution is 0.0802. The molecule has 20 heavy (non-hydrogen) atoms. The fourth-order valence-electron chi connectivity index (χ4n) is 1.56. The van der Waals surface area contributed by atoms with Gasteiger partial charge in [-0.15, -0.1) is 0 Å². The number of rotatable bonds is 5. The molecule has 1 aromatic carbocycles. The molecule has 0 saturated heterocycles. The third kappa shape index (κ3) is 3.94. The minimum atomic E-state index is -3.64. The standard InChI is InChI=1S/C13H19ClN2O3S/c1-5-16(4)13(17)11-8-10(6-7-12(11)14)20(18,19)15-9(2)3/h6-9,15H,5H2,1-4H3. The topological polar surface area (TPSA) is 66.5 Å². The molecule has 0 aromatic heterocycles. The molecule has 1 amide bonds. The first kappa shape index (κ1) is 16.9. The maximum atomic E-state index is 12.1. The Kier molecular flexibility index (Phi) is 5.56. The molecule has 5 nitrogen and oxygen atoms in total. The van der Waals surface area contributed by atoms with E-state index in [9.17, 15) is 13.2 Å². The summed E-state index contributed by atoms with van der Waals surface area (Å²) in [6, 6.07) is 3.89. The summed E-state index contributed by atoms with van der Waals surface area (Å²) < 4.78 is 26.6. The Balaban J connectivity index is 3.25. The van der Waals surface area contributed by atoms with Gasteiger partial charge >= 0.3 is 0 Å². The van der Waals surface area contributed by atoms with Gasteiger partial charge in [0.15, 0.2) is 0 Å². The molecule has 0 atom stereocenters. The Morgan fingerprint density at radius 1 is 1.40 bits per heavy atom. The lowest BCUT2D eigenvalue weighted by atomic mass is 10.2. The molecule has 0 heterocycles. The molecule has 1 aromatic rings. The van der Waals surface area contributed by atoms with Crippen molar-refractivity contribution < 1.29 is 13.2 Å². The smallest absolute Gasteiger partial charge is 0.255 e. The number of halogens is 1. The van der Waals surface area contributed by atoms with Crippen molar-refractivity contribution in [3.63, 3.8) is 0 Å². The third-order valence-electron chi connectivity index (χ3n) is 2.69. The molecule has 0 fully saturated rings. The monoisotopic (exact) mass is 318 g/mol. The summed E-state index contributed by atoms with van der Waals surface area (Å²) in [5, 5.41) is 0.235. The summed E-state index contributed by atoms with van der Waals surface area (Å²) >= 11 is 5.99. The SMILES string of the molecule is CCN(C)C(=O)c1cc(S(=O)(=O)NC(C)C)ccc1Cl. The van der Waals surface area contributed by atoms with E-state index in [2.05, 4.69) is 4.72 Å². The van der Waals surface area contributed by atoms with Crippen LogP contribution in [0.2, 0.25) is 5.02 Å². The minimum absolute atomic E-state index is 0.0310. The van der Waals surface area contributed by atoms with Crippen LogP contribution in [0.5, 0.6) is 0 Å². The number of nitrogens with zero attached hydrogens (tertiary/aromatic N) is 1. The minimum Gasteiger partial charge on any atom is -0.342 e. The Hall–Kier alpha value is -1.11. The Morgan fingerprint density at radius 2 is 2.00 bits per heavy atom. The lowest BCUT2D eigenvalue weighted by Gasteiger charge is -2.16. The van der Waals surface area contributed by atoms with Crippen LogP contribution >= 0.6 is 11.6 Å². The fourth-order valence-corrected chi connectivity index (χ4v) is 3.04. The highest BCUT2D eigenvalue weighted by atomic mass is 35.5. The first-order chi connectivity index (χ1) is 9.19. The molecular weight excluding hydrogens is 300 g/mol.